The zero-order valence-corrected chi connectivity index (χ0v) is 6.16. The first-order valence-corrected chi connectivity index (χ1v) is 3.31. The fourth-order valence-corrected chi connectivity index (χ4v) is 1.00. The molecule has 1 rings (SSSR count). The minimum Gasteiger partial charge on any atom is -0.380 e. The molecule has 0 aliphatic carbocycles. The number of nitrogens with one attached hydrogen (secondary N) is 1. The van der Waals surface area contributed by atoms with Crippen molar-refractivity contribution in [2.75, 3.05) is 26.3 Å². The molecule has 0 unspecified atom stereocenters. The highest BCUT2D eigenvalue weighted by Crippen LogP contribution is 2.27. The van der Waals surface area contributed by atoms with Crippen molar-refractivity contribution in [2.45, 2.75) is 0 Å². The fourth-order valence-electron chi connectivity index (χ4n) is 1.00. The topological polar surface area (TPSA) is 97.5 Å². The third-order valence-electron chi connectivity index (χ3n) is 1.72. The number of hydrogen-bond donors (Lipinski definition) is 2. The number of rotatable bonds is 4. The lowest BCUT2D eigenvalue weighted by Crippen LogP contribution is -2.49. The van der Waals surface area contributed by atoms with E-state index in [1.165, 1.54) is 0 Å². The first kappa shape index (κ1) is 7.97. The monoisotopic (exact) mass is 157 g/mol. The summed E-state index contributed by atoms with van der Waals surface area (Å²) in [6.07, 6.45) is 0. The summed E-state index contributed by atoms with van der Waals surface area (Å²) in [5.41, 5.74) is 11.4. The van der Waals surface area contributed by atoms with E-state index >= 15 is 0 Å². The van der Waals surface area contributed by atoms with E-state index in [1.807, 2.05) is 0 Å². The third-order valence-corrected chi connectivity index (χ3v) is 1.72. The van der Waals surface area contributed by atoms with Crippen molar-refractivity contribution in [1.29, 1.82) is 5.53 Å². The largest absolute Gasteiger partial charge is 0.380 e. The van der Waals surface area contributed by atoms with Crippen LogP contribution in [-0.4, -0.2) is 26.3 Å². The number of nitrogens with zero attached hydrogens (tertiary/aromatic N) is 3. The second-order valence-electron chi connectivity index (χ2n) is 2.73. The molecule has 1 aliphatic heterocycles. The Hall–Kier alpha value is -1.13. The maximum atomic E-state index is 6.47. The first-order chi connectivity index (χ1) is 5.33. The van der Waals surface area contributed by atoms with Gasteiger partial charge in [0.2, 0.25) is 4.91 Å². The number of nitrogens with two attached hydrogens (primary N) is 1. The molecule has 1 fully saturated rings. The van der Waals surface area contributed by atoms with Crippen molar-refractivity contribution in [3.05, 3.63) is 0 Å². The van der Waals surface area contributed by atoms with E-state index in [4.69, 9.17) is 15.8 Å². The molecule has 1 aliphatic rings. The van der Waals surface area contributed by atoms with Crippen LogP contribution in [0.2, 0.25) is 0 Å². The fraction of sp³-hybridized carbons (Fsp3) is 1.00. The van der Waals surface area contributed by atoms with Gasteiger partial charge in [-0.15, -0.1) is 0 Å². The van der Waals surface area contributed by atoms with Crippen LogP contribution in [0.1, 0.15) is 0 Å². The van der Waals surface area contributed by atoms with E-state index in [9.17, 15) is 0 Å². The highest BCUT2D eigenvalue weighted by atomic mass is 16.5. The van der Waals surface area contributed by atoms with E-state index in [1.54, 1.807) is 0 Å². The number of hydrogen-bond acceptors (Lipinski definition) is 4. The highest BCUT2D eigenvalue weighted by Gasteiger charge is 2.41. The van der Waals surface area contributed by atoms with Crippen LogP contribution in [0, 0.1) is 10.9 Å². The van der Waals surface area contributed by atoms with E-state index in [2.05, 4.69) is 15.1 Å². The van der Waals surface area contributed by atoms with Crippen LogP contribution in [0.4, 0.5) is 0 Å². The molecule has 0 aromatic rings. The van der Waals surface area contributed by atoms with Crippen LogP contribution >= 0.6 is 0 Å². The van der Waals surface area contributed by atoms with Crippen LogP contribution in [0.5, 0.6) is 0 Å². The van der Waals surface area contributed by atoms with Gasteiger partial charge in [-0.05, 0) is 5.11 Å². The Balaban J connectivity index is 2.45. The van der Waals surface area contributed by atoms with E-state index < -0.39 is 0 Å². The smallest absolute Gasteiger partial charge is 0.214 e. The van der Waals surface area contributed by atoms with Crippen molar-refractivity contribution in [1.82, 2.24) is 4.91 Å². The zero-order valence-electron chi connectivity index (χ0n) is 6.16. The quantitative estimate of drug-likeness (QED) is 0.387. The highest BCUT2D eigenvalue weighted by molar-refractivity contribution is 4.88. The Kier molecular flexibility index (Phi) is 2.40. The summed E-state index contributed by atoms with van der Waals surface area (Å²) in [4.78, 5) is 2.92. The van der Waals surface area contributed by atoms with Gasteiger partial charge in [-0.3, -0.25) is 0 Å². The Labute approximate surface area is 63.7 Å². The van der Waals surface area contributed by atoms with Gasteiger partial charge in [0.15, 0.2) is 0 Å². The van der Waals surface area contributed by atoms with Crippen molar-refractivity contribution < 1.29 is 10.3 Å². The third kappa shape index (κ3) is 1.66. The molecule has 0 bridgehead atoms. The average Bonchev–Trinajstić information content (AvgIpc) is 1.95. The van der Waals surface area contributed by atoms with E-state index in [-0.39, 0.29) is 5.41 Å². The predicted octanol–water partition coefficient (Wildman–Crippen LogP) is -1.24. The molecule has 11 heavy (non-hydrogen) atoms. The molecular formula is C5H11N5O+2. The lowest BCUT2D eigenvalue weighted by atomic mass is 9.86. The molecule has 0 aromatic carbocycles. The average molecular weight is 157 g/mol. The van der Waals surface area contributed by atoms with Gasteiger partial charge in [0.05, 0.1) is 18.6 Å². The lowest BCUT2D eigenvalue weighted by molar-refractivity contribution is -0.234. The van der Waals surface area contributed by atoms with Crippen LogP contribution in [0.25, 0.3) is 0 Å². The second kappa shape index (κ2) is 3.32. The Morgan fingerprint density at radius 1 is 1.55 bits per heavy atom. The van der Waals surface area contributed by atoms with Gasteiger partial charge in [-0.1, -0.05) is 0 Å². The van der Waals surface area contributed by atoms with Gasteiger partial charge < -0.3 is 4.74 Å². The van der Waals surface area contributed by atoms with Gasteiger partial charge in [-0.25, -0.2) is 0 Å². The molecule has 0 saturated carbocycles. The molecule has 1 saturated heterocycles. The molecule has 0 aromatic heterocycles. The summed E-state index contributed by atoms with van der Waals surface area (Å²) in [5.74, 6) is 0. The maximum absolute atomic E-state index is 6.47. The molecule has 3 N–H and O–H groups in total. The molecule has 6 heteroatoms. The summed E-state index contributed by atoms with van der Waals surface area (Å²) in [7, 11) is 0. The Morgan fingerprint density at radius 3 is 2.64 bits per heavy atom. The summed E-state index contributed by atoms with van der Waals surface area (Å²) >= 11 is 0. The molecule has 0 spiro atoms. The number of ether oxygens (including phenoxy) is 1. The normalized spacial score (nSPS) is 19.6. The zero-order chi connectivity index (χ0) is 8.16. The SMILES string of the molecule is N=[N+]=NCC1(CN=[NH2+])COC1. The van der Waals surface area contributed by atoms with E-state index in [0.29, 0.717) is 26.3 Å². The summed E-state index contributed by atoms with van der Waals surface area (Å²) in [6, 6.07) is 0. The summed E-state index contributed by atoms with van der Waals surface area (Å²) < 4.78 is 5.01. The van der Waals surface area contributed by atoms with Crippen LogP contribution in [0.3, 0.4) is 0 Å². The van der Waals surface area contributed by atoms with Crippen LogP contribution in [0.15, 0.2) is 10.2 Å². The predicted molar refractivity (Wildman–Crippen MR) is 34.6 cm³/mol. The maximum Gasteiger partial charge on any atom is 0.214 e. The van der Waals surface area contributed by atoms with Gasteiger partial charge in [0.1, 0.15) is 23.7 Å². The minimum absolute atomic E-state index is 0.0701. The van der Waals surface area contributed by atoms with E-state index in [0.717, 1.165) is 0 Å². The molecule has 6 nitrogen and oxygen atoms in total. The molecule has 0 amide bonds. The molecule has 60 valence electrons. The van der Waals surface area contributed by atoms with Crippen molar-refractivity contribution in [2.24, 2.45) is 15.6 Å². The molecule has 0 radical (unpaired) electrons. The Bertz CT molecular complexity index is 193. The van der Waals surface area contributed by atoms with Crippen LogP contribution < -0.4 is 10.4 Å². The summed E-state index contributed by atoms with van der Waals surface area (Å²) in [5, 5.41) is 7.12. The van der Waals surface area contributed by atoms with Gasteiger partial charge in [0.25, 0.3) is 0 Å². The van der Waals surface area contributed by atoms with Crippen molar-refractivity contribution in [3.8, 4) is 0 Å². The van der Waals surface area contributed by atoms with Crippen LogP contribution in [-0.2, 0) is 4.74 Å². The first-order valence-electron chi connectivity index (χ1n) is 3.31. The standard InChI is InChI=1S/C5H10N5O/c6-8-1-5(2-9-10-7)3-11-4-5/h6-7H,1-4H2/q+1/p+1. The van der Waals surface area contributed by atoms with Gasteiger partial charge >= 0.3 is 0 Å². The second-order valence-corrected chi connectivity index (χ2v) is 2.73. The Morgan fingerprint density at radius 2 is 2.27 bits per heavy atom. The molecule has 1 heterocycles. The van der Waals surface area contributed by atoms with Gasteiger partial charge in [0, 0.05) is 0 Å². The molecule has 0 atom stereocenters. The molecular weight excluding hydrogens is 146 g/mol. The van der Waals surface area contributed by atoms with Gasteiger partial charge in [-0.2, -0.15) is 5.53 Å². The minimum atomic E-state index is -0.0701. The van der Waals surface area contributed by atoms with Crippen molar-refractivity contribution >= 4 is 0 Å². The van der Waals surface area contributed by atoms with Crippen molar-refractivity contribution in [3.63, 3.8) is 0 Å². The summed E-state index contributed by atoms with van der Waals surface area (Å²) in [6.45, 7) is 2.25. The lowest BCUT2D eigenvalue weighted by Gasteiger charge is -2.35.